The summed E-state index contributed by atoms with van der Waals surface area (Å²) in [4.78, 5) is 11.9. The number of aliphatic hydroxyl groups excluding tert-OH is 1. The number of ether oxygens (including phenoxy) is 1. The van der Waals surface area contributed by atoms with Gasteiger partial charge in [-0.1, -0.05) is 11.8 Å². The van der Waals surface area contributed by atoms with Crippen molar-refractivity contribution < 1.29 is 14.6 Å². The molecule has 0 saturated carbocycles. The van der Waals surface area contributed by atoms with E-state index in [0.717, 1.165) is 0 Å². The summed E-state index contributed by atoms with van der Waals surface area (Å²) >= 11 is 0. The lowest BCUT2D eigenvalue weighted by Gasteiger charge is -2.10. The molecular weight excluding hydrogens is 242 g/mol. The summed E-state index contributed by atoms with van der Waals surface area (Å²) < 4.78 is 5.20. The predicted molar refractivity (Wildman–Crippen MR) is 74.2 cm³/mol. The summed E-state index contributed by atoms with van der Waals surface area (Å²) in [5.41, 5.74) is 1.19. The number of nitrogens with one attached hydrogen (secondary N) is 1. The summed E-state index contributed by atoms with van der Waals surface area (Å²) in [5.74, 6) is 6.20. The van der Waals surface area contributed by atoms with Crippen molar-refractivity contribution >= 4 is 5.91 Å². The van der Waals surface area contributed by atoms with Crippen molar-refractivity contribution in [1.82, 2.24) is 5.32 Å². The molecule has 4 nitrogen and oxygen atoms in total. The molecule has 2 N–H and O–H groups in total. The Morgan fingerprint density at radius 3 is 2.79 bits per heavy atom. The Hall–Kier alpha value is -1.99. The van der Waals surface area contributed by atoms with Crippen molar-refractivity contribution in [2.75, 3.05) is 13.7 Å². The van der Waals surface area contributed by atoms with Crippen LogP contribution in [0.3, 0.4) is 0 Å². The number of carbonyl (C=O) groups excluding carboxylic acids is 1. The van der Waals surface area contributed by atoms with Gasteiger partial charge in [0.25, 0.3) is 5.91 Å². The summed E-state index contributed by atoms with van der Waals surface area (Å²) in [6, 6.07) is 5.20. The molecule has 0 bridgehead atoms. The summed E-state index contributed by atoms with van der Waals surface area (Å²) in [7, 11) is 1.56. The molecule has 0 fully saturated rings. The average Bonchev–Trinajstić information content (AvgIpc) is 2.38. The molecule has 0 atom stereocenters. The first-order valence-corrected chi connectivity index (χ1v) is 6.17. The van der Waals surface area contributed by atoms with Crippen LogP contribution in [-0.4, -0.2) is 30.8 Å². The minimum Gasteiger partial charge on any atom is -0.495 e. The van der Waals surface area contributed by atoms with Crippen LogP contribution in [0.2, 0.25) is 0 Å². The maximum atomic E-state index is 11.9. The monoisotopic (exact) mass is 261 g/mol. The lowest BCUT2D eigenvalue weighted by molar-refractivity contribution is 0.0943. The number of methoxy groups -OCH3 is 1. The second kappa shape index (κ2) is 7.45. The topological polar surface area (TPSA) is 58.6 Å². The van der Waals surface area contributed by atoms with Crippen LogP contribution in [0.15, 0.2) is 18.2 Å². The van der Waals surface area contributed by atoms with Gasteiger partial charge in [-0.25, -0.2) is 0 Å². The van der Waals surface area contributed by atoms with E-state index in [-0.39, 0.29) is 18.6 Å². The van der Waals surface area contributed by atoms with Gasteiger partial charge in [0.1, 0.15) is 5.75 Å². The third-order valence-corrected chi connectivity index (χ3v) is 2.34. The molecule has 0 spiro atoms. The second-order valence-electron chi connectivity index (χ2n) is 4.32. The van der Waals surface area contributed by atoms with Crippen molar-refractivity contribution in [3.8, 4) is 17.6 Å². The summed E-state index contributed by atoms with van der Waals surface area (Å²) in [6.07, 6.45) is 0.394. The van der Waals surface area contributed by atoms with Crippen LogP contribution in [0.25, 0.3) is 0 Å². The highest BCUT2D eigenvalue weighted by Crippen LogP contribution is 2.19. The number of hydrogen-bond acceptors (Lipinski definition) is 3. The van der Waals surface area contributed by atoms with E-state index in [1.165, 1.54) is 0 Å². The van der Waals surface area contributed by atoms with Gasteiger partial charge < -0.3 is 15.2 Å². The molecule has 1 aromatic carbocycles. The van der Waals surface area contributed by atoms with E-state index < -0.39 is 0 Å². The third-order valence-electron chi connectivity index (χ3n) is 2.34. The molecule has 0 aliphatic carbocycles. The van der Waals surface area contributed by atoms with Gasteiger partial charge in [0.15, 0.2) is 0 Å². The predicted octanol–water partition coefficient (Wildman–Crippen LogP) is 1.57. The Bertz CT molecular complexity index is 498. The molecule has 0 aliphatic heterocycles. The van der Waals surface area contributed by atoms with E-state index in [1.54, 1.807) is 25.3 Å². The highest BCUT2D eigenvalue weighted by molar-refractivity contribution is 5.95. The maximum absolute atomic E-state index is 11.9. The Kier molecular flexibility index (Phi) is 5.91. The van der Waals surface area contributed by atoms with Crippen molar-refractivity contribution in [3.05, 3.63) is 29.3 Å². The normalized spacial score (nSPS) is 9.74. The first kappa shape index (κ1) is 15.1. The number of carbonyl (C=O) groups is 1. The smallest absolute Gasteiger partial charge is 0.251 e. The molecule has 1 rings (SSSR count). The molecule has 0 aromatic heterocycles. The Morgan fingerprint density at radius 1 is 1.47 bits per heavy atom. The fourth-order valence-electron chi connectivity index (χ4n) is 1.51. The van der Waals surface area contributed by atoms with Gasteiger partial charge in [-0.2, -0.15) is 0 Å². The van der Waals surface area contributed by atoms with E-state index in [9.17, 15) is 4.79 Å². The maximum Gasteiger partial charge on any atom is 0.251 e. The Morgan fingerprint density at radius 2 is 2.21 bits per heavy atom. The van der Waals surface area contributed by atoms with E-state index in [1.807, 2.05) is 13.8 Å². The van der Waals surface area contributed by atoms with Crippen molar-refractivity contribution in [3.63, 3.8) is 0 Å². The first-order chi connectivity index (χ1) is 9.08. The number of aliphatic hydroxyl groups is 1. The van der Waals surface area contributed by atoms with Gasteiger partial charge in [0, 0.05) is 18.0 Å². The Labute approximate surface area is 113 Å². The standard InChI is InChI=1S/C15H19NO3/c1-11(2)16-15(18)13-7-8-14(19-3)12(10-13)6-4-5-9-17/h7-8,10-11,17H,5,9H2,1-3H3,(H,16,18). The quantitative estimate of drug-likeness (QED) is 0.809. The van der Waals surface area contributed by atoms with Gasteiger partial charge >= 0.3 is 0 Å². The fraction of sp³-hybridized carbons (Fsp3) is 0.400. The van der Waals surface area contributed by atoms with Crippen LogP contribution in [0, 0.1) is 11.8 Å². The van der Waals surface area contributed by atoms with Gasteiger partial charge in [-0.15, -0.1) is 0 Å². The van der Waals surface area contributed by atoms with Crippen LogP contribution in [0.4, 0.5) is 0 Å². The lowest BCUT2D eigenvalue weighted by Crippen LogP contribution is -2.30. The largest absolute Gasteiger partial charge is 0.495 e. The van der Waals surface area contributed by atoms with Crippen LogP contribution >= 0.6 is 0 Å². The second-order valence-corrected chi connectivity index (χ2v) is 4.32. The SMILES string of the molecule is COc1ccc(C(=O)NC(C)C)cc1C#CCCO. The highest BCUT2D eigenvalue weighted by atomic mass is 16.5. The Balaban J connectivity index is 3.02. The molecule has 1 amide bonds. The van der Waals surface area contributed by atoms with Crippen LogP contribution in [0.5, 0.6) is 5.75 Å². The molecule has 0 unspecified atom stereocenters. The highest BCUT2D eigenvalue weighted by Gasteiger charge is 2.09. The zero-order valence-corrected chi connectivity index (χ0v) is 11.5. The minimum atomic E-state index is -0.136. The number of rotatable bonds is 4. The molecule has 0 heterocycles. The molecule has 19 heavy (non-hydrogen) atoms. The molecule has 0 saturated heterocycles. The average molecular weight is 261 g/mol. The van der Waals surface area contributed by atoms with Crippen LogP contribution in [-0.2, 0) is 0 Å². The van der Waals surface area contributed by atoms with Crippen molar-refractivity contribution in [2.45, 2.75) is 26.3 Å². The number of amides is 1. The first-order valence-electron chi connectivity index (χ1n) is 6.17. The van der Waals surface area contributed by atoms with Gasteiger partial charge in [-0.05, 0) is 32.0 Å². The van der Waals surface area contributed by atoms with Crippen LogP contribution in [0.1, 0.15) is 36.2 Å². The van der Waals surface area contributed by atoms with Gasteiger partial charge in [0.2, 0.25) is 0 Å². The zero-order chi connectivity index (χ0) is 14.3. The van der Waals surface area contributed by atoms with Gasteiger partial charge in [-0.3, -0.25) is 4.79 Å². The van der Waals surface area contributed by atoms with E-state index >= 15 is 0 Å². The molecule has 4 heteroatoms. The molecule has 1 aromatic rings. The van der Waals surface area contributed by atoms with Crippen molar-refractivity contribution in [2.24, 2.45) is 0 Å². The third kappa shape index (κ3) is 4.65. The number of benzene rings is 1. The molecule has 0 radical (unpaired) electrons. The molecule has 102 valence electrons. The molecular formula is C15H19NO3. The van der Waals surface area contributed by atoms with Crippen molar-refractivity contribution in [1.29, 1.82) is 0 Å². The lowest BCUT2D eigenvalue weighted by atomic mass is 10.1. The fourth-order valence-corrected chi connectivity index (χ4v) is 1.51. The van der Waals surface area contributed by atoms with E-state index in [4.69, 9.17) is 9.84 Å². The molecule has 0 aliphatic rings. The van der Waals surface area contributed by atoms with Crippen LogP contribution < -0.4 is 10.1 Å². The summed E-state index contributed by atoms with van der Waals surface area (Å²) in [5, 5.41) is 11.5. The summed E-state index contributed by atoms with van der Waals surface area (Å²) in [6.45, 7) is 3.83. The van der Waals surface area contributed by atoms with E-state index in [0.29, 0.717) is 23.3 Å². The van der Waals surface area contributed by atoms with E-state index in [2.05, 4.69) is 17.2 Å². The minimum absolute atomic E-state index is 0.0167. The number of hydrogen-bond donors (Lipinski definition) is 2. The van der Waals surface area contributed by atoms with Gasteiger partial charge in [0.05, 0.1) is 19.3 Å². The zero-order valence-electron chi connectivity index (χ0n) is 11.5.